The second-order valence-corrected chi connectivity index (χ2v) is 9.38. The van der Waals surface area contributed by atoms with Crippen molar-refractivity contribution in [2.24, 2.45) is 0 Å². The average Bonchev–Trinajstić information content (AvgIpc) is 3.40. The first kappa shape index (κ1) is 20.6. The smallest absolute Gasteiger partial charge is 0.274 e. The Balaban J connectivity index is 1.22. The Hall–Kier alpha value is -3.31. The molecule has 0 spiro atoms. The van der Waals surface area contributed by atoms with E-state index in [0.29, 0.717) is 36.7 Å². The number of anilines is 3. The summed E-state index contributed by atoms with van der Waals surface area (Å²) in [6.45, 7) is 6.37. The highest BCUT2D eigenvalue weighted by Crippen LogP contribution is 2.24. The Bertz CT molecular complexity index is 1330. The third kappa shape index (κ3) is 4.08. The summed E-state index contributed by atoms with van der Waals surface area (Å²) in [5.74, 6) is 0.0217. The van der Waals surface area contributed by atoms with Crippen molar-refractivity contribution < 1.29 is 4.79 Å². The van der Waals surface area contributed by atoms with Gasteiger partial charge in [0.2, 0.25) is 10.1 Å². The summed E-state index contributed by atoms with van der Waals surface area (Å²) in [6, 6.07) is 8.97. The fourth-order valence-corrected chi connectivity index (χ4v) is 5.29. The second kappa shape index (κ2) is 8.32. The number of aryl methyl sites for hydroxylation is 2. The Labute approximate surface area is 192 Å². The van der Waals surface area contributed by atoms with Gasteiger partial charge in [0, 0.05) is 54.6 Å². The van der Waals surface area contributed by atoms with Gasteiger partial charge in [0.1, 0.15) is 0 Å². The van der Waals surface area contributed by atoms with Crippen LogP contribution in [0, 0.1) is 13.8 Å². The molecule has 3 aromatic heterocycles. The molecule has 1 fully saturated rings. The summed E-state index contributed by atoms with van der Waals surface area (Å²) in [6.07, 6.45) is 0. The predicted molar refractivity (Wildman–Crippen MR) is 127 cm³/mol. The number of carbonyl (C=O) groups excluding carboxylic acids is 1. The number of rotatable bonds is 4. The quantitative estimate of drug-likeness (QED) is 0.493. The van der Waals surface area contributed by atoms with E-state index >= 15 is 0 Å². The first-order valence-corrected chi connectivity index (χ1v) is 11.9. The number of benzene rings is 1. The largest absolute Gasteiger partial charge is 0.343 e. The highest BCUT2D eigenvalue weighted by atomic mass is 32.1. The van der Waals surface area contributed by atoms with Crippen LogP contribution < -0.4 is 15.8 Å². The van der Waals surface area contributed by atoms with Gasteiger partial charge in [-0.3, -0.25) is 9.59 Å². The highest BCUT2D eigenvalue weighted by molar-refractivity contribution is 7.20. The SMILES string of the molecule is Cc1csc(Nc2ccc(C(=O)N3CCN(c4nn5c(C)cc(=O)nc5s4)CC3)cc2)n1. The third-order valence-corrected chi connectivity index (χ3v) is 7.11. The first-order chi connectivity index (χ1) is 15.5. The van der Waals surface area contributed by atoms with Gasteiger partial charge in [-0.05, 0) is 38.1 Å². The van der Waals surface area contributed by atoms with Crippen LogP contribution >= 0.6 is 22.7 Å². The molecule has 32 heavy (non-hydrogen) atoms. The maximum absolute atomic E-state index is 13.0. The molecule has 1 aliphatic heterocycles. The number of hydrogen-bond acceptors (Lipinski definition) is 9. The summed E-state index contributed by atoms with van der Waals surface area (Å²) in [5.41, 5.74) is 3.06. The summed E-state index contributed by atoms with van der Waals surface area (Å²) in [5, 5.41) is 11.5. The lowest BCUT2D eigenvalue weighted by molar-refractivity contribution is 0.0747. The van der Waals surface area contributed by atoms with Gasteiger partial charge in [-0.1, -0.05) is 11.3 Å². The monoisotopic (exact) mass is 467 g/mol. The van der Waals surface area contributed by atoms with Crippen molar-refractivity contribution in [3.63, 3.8) is 0 Å². The van der Waals surface area contributed by atoms with E-state index in [-0.39, 0.29) is 11.5 Å². The molecule has 164 valence electrons. The Morgan fingerprint density at radius 2 is 1.81 bits per heavy atom. The minimum Gasteiger partial charge on any atom is -0.343 e. The van der Waals surface area contributed by atoms with Crippen LogP contribution in [0.25, 0.3) is 4.96 Å². The molecule has 0 bridgehead atoms. The normalized spacial score (nSPS) is 14.2. The van der Waals surface area contributed by atoms with Crippen molar-refractivity contribution in [3.8, 4) is 0 Å². The molecule has 5 rings (SSSR count). The molecule has 0 unspecified atom stereocenters. The van der Waals surface area contributed by atoms with Crippen molar-refractivity contribution in [1.82, 2.24) is 24.5 Å². The lowest BCUT2D eigenvalue weighted by Crippen LogP contribution is -2.48. The van der Waals surface area contributed by atoms with Crippen LogP contribution in [0.1, 0.15) is 21.7 Å². The van der Waals surface area contributed by atoms with Crippen molar-refractivity contribution in [2.45, 2.75) is 13.8 Å². The topological polar surface area (TPSA) is 95.7 Å². The van der Waals surface area contributed by atoms with Gasteiger partial charge < -0.3 is 15.1 Å². The zero-order valence-electron chi connectivity index (χ0n) is 17.6. The number of nitrogens with one attached hydrogen (secondary N) is 1. The standard InChI is InChI=1S/C21H21N7O2S2/c1-13-12-31-19(22-13)23-16-5-3-15(4-6-16)18(30)26-7-9-27(10-8-26)21-25-28-14(2)11-17(29)24-20(28)32-21/h3-6,11-12H,7-10H2,1-2H3,(H,22,23). The van der Waals surface area contributed by atoms with Crippen molar-refractivity contribution in [3.05, 3.63) is 63.0 Å². The van der Waals surface area contributed by atoms with E-state index in [1.54, 1.807) is 15.9 Å². The molecule has 4 heterocycles. The number of amides is 1. The molecule has 11 heteroatoms. The zero-order chi connectivity index (χ0) is 22.2. The molecule has 1 aliphatic rings. The van der Waals surface area contributed by atoms with E-state index in [1.165, 1.54) is 17.4 Å². The lowest BCUT2D eigenvalue weighted by Gasteiger charge is -2.34. The number of nitrogens with zero attached hydrogens (tertiary/aromatic N) is 6. The van der Waals surface area contributed by atoms with Crippen LogP contribution in [0.2, 0.25) is 0 Å². The molecule has 0 saturated carbocycles. The van der Waals surface area contributed by atoms with Crippen LogP contribution in [0.5, 0.6) is 0 Å². The zero-order valence-corrected chi connectivity index (χ0v) is 19.2. The van der Waals surface area contributed by atoms with Crippen LogP contribution in [0.4, 0.5) is 16.0 Å². The number of fused-ring (bicyclic) bond motifs is 1. The summed E-state index contributed by atoms with van der Waals surface area (Å²) < 4.78 is 1.70. The van der Waals surface area contributed by atoms with Crippen LogP contribution in [0.15, 0.2) is 40.5 Å². The molecule has 9 nitrogen and oxygen atoms in total. The molecule has 0 atom stereocenters. The lowest BCUT2D eigenvalue weighted by atomic mass is 10.1. The van der Waals surface area contributed by atoms with Gasteiger partial charge in [0.25, 0.3) is 11.5 Å². The predicted octanol–water partition coefficient (Wildman–Crippen LogP) is 2.93. The number of aromatic nitrogens is 4. The Morgan fingerprint density at radius 1 is 1.06 bits per heavy atom. The molecule has 1 N–H and O–H groups in total. The van der Waals surface area contributed by atoms with E-state index in [0.717, 1.165) is 27.3 Å². The average molecular weight is 468 g/mol. The van der Waals surface area contributed by atoms with E-state index in [1.807, 2.05) is 48.4 Å². The fourth-order valence-electron chi connectivity index (χ4n) is 3.58. The maximum Gasteiger partial charge on any atom is 0.274 e. The van der Waals surface area contributed by atoms with Crippen LogP contribution in [0.3, 0.4) is 0 Å². The summed E-state index contributed by atoms with van der Waals surface area (Å²) >= 11 is 2.95. The molecule has 4 aromatic rings. The van der Waals surface area contributed by atoms with Gasteiger partial charge in [-0.25, -0.2) is 9.50 Å². The van der Waals surface area contributed by atoms with Crippen molar-refractivity contribution in [2.75, 3.05) is 36.4 Å². The van der Waals surface area contributed by atoms with E-state index in [2.05, 4.69) is 25.3 Å². The van der Waals surface area contributed by atoms with Crippen LogP contribution in [-0.4, -0.2) is 56.6 Å². The van der Waals surface area contributed by atoms with Gasteiger partial charge in [0.15, 0.2) is 5.13 Å². The van der Waals surface area contributed by atoms with Crippen molar-refractivity contribution in [1.29, 1.82) is 0 Å². The third-order valence-electron chi connectivity index (χ3n) is 5.26. The molecule has 1 amide bonds. The van der Waals surface area contributed by atoms with E-state index in [4.69, 9.17) is 0 Å². The van der Waals surface area contributed by atoms with Crippen molar-refractivity contribution >= 4 is 49.5 Å². The van der Waals surface area contributed by atoms with Gasteiger partial charge in [0.05, 0.1) is 5.69 Å². The number of carbonyl (C=O) groups is 1. The molecule has 1 aromatic carbocycles. The number of hydrogen-bond donors (Lipinski definition) is 1. The van der Waals surface area contributed by atoms with Crippen LogP contribution in [-0.2, 0) is 0 Å². The minimum atomic E-state index is -0.254. The van der Waals surface area contributed by atoms with Gasteiger partial charge in [-0.15, -0.1) is 16.4 Å². The second-order valence-electron chi connectivity index (χ2n) is 7.59. The first-order valence-electron chi connectivity index (χ1n) is 10.2. The van der Waals surface area contributed by atoms with Gasteiger partial charge in [-0.2, -0.15) is 4.98 Å². The summed E-state index contributed by atoms with van der Waals surface area (Å²) in [4.78, 5) is 37.6. The fraction of sp³-hybridized carbons (Fsp3) is 0.286. The number of thiazole rings is 1. The molecular weight excluding hydrogens is 446 g/mol. The number of piperazine rings is 1. The Morgan fingerprint density at radius 3 is 2.50 bits per heavy atom. The minimum absolute atomic E-state index is 0.0217. The summed E-state index contributed by atoms with van der Waals surface area (Å²) in [7, 11) is 0. The maximum atomic E-state index is 13.0. The molecule has 1 saturated heterocycles. The molecule has 0 radical (unpaired) electrons. The molecule has 0 aliphatic carbocycles. The van der Waals surface area contributed by atoms with E-state index in [9.17, 15) is 9.59 Å². The van der Waals surface area contributed by atoms with Gasteiger partial charge >= 0.3 is 0 Å². The Kier molecular flexibility index (Phi) is 5.35. The van der Waals surface area contributed by atoms with E-state index < -0.39 is 0 Å². The molecular formula is C21H21N7O2S2. The highest BCUT2D eigenvalue weighted by Gasteiger charge is 2.24.